The summed E-state index contributed by atoms with van der Waals surface area (Å²) in [5.41, 5.74) is 2.68. The Balaban J connectivity index is 1.82. The molecule has 5 rings (SSSR count). The van der Waals surface area contributed by atoms with Crippen LogP contribution in [0.25, 0.3) is 0 Å². The summed E-state index contributed by atoms with van der Waals surface area (Å²) in [7, 11) is 0. The third kappa shape index (κ3) is 1.55. The number of rotatable bonds is 0. The van der Waals surface area contributed by atoms with Gasteiger partial charge in [-0.3, -0.25) is 4.74 Å². The maximum absolute atomic E-state index is 12.4. The molecule has 120 valence electrons. The van der Waals surface area contributed by atoms with Crippen molar-refractivity contribution in [2.24, 2.45) is 0 Å². The molecule has 2 bridgehead atoms. The molecule has 2 aromatic carbocycles. The molecule has 3 aliphatic rings. The van der Waals surface area contributed by atoms with Gasteiger partial charge in [0.05, 0.1) is 11.1 Å². The average Bonchev–Trinajstić information content (AvgIpc) is 2.54. The summed E-state index contributed by atoms with van der Waals surface area (Å²) in [4.78, 5) is 12.4. The standard InChI is InChI=1S/C19H14O5/c1-11-7-8-12-16(9-11)23-19-13-5-3-4-6-15(13)22-17(20)14(19)10-21-18(12,2)24-19/h3-10H,1-2H3. The Morgan fingerprint density at radius 1 is 1.00 bits per heavy atom. The summed E-state index contributed by atoms with van der Waals surface area (Å²) in [6, 6.07) is 13.0. The summed E-state index contributed by atoms with van der Waals surface area (Å²) in [5, 5.41) is 0. The molecule has 0 saturated heterocycles. The molecule has 0 N–H and O–H groups in total. The van der Waals surface area contributed by atoms with Gasteiger partial charge in [-0.1, -0.05) is 18.2 Å². The topological polar surface area (TPSA) is 54.0 Å². The quantitative estimate of drug-likeness (QED) is 0.550. The van der Waals surface area contributed by atoms with Crippen molar-refractivity contribution in [3.05, 3.63) is 71.0 Å². The highest BCUT2D eigenvalue weighted by molar-refractivity contribution is 5.95. The first-order chi connectivity index (χ1) is 11.5. The van der Waals surface area contributed by atoms with Gasteiger partial charge in [0.25, 0.3) is 5.79 Å². The van der Waals surface area contributed by atoms with Crippen LogP contribution in [0, 0.1) is 6.92 Å². The molecule has 24 heavy (non-hydrogen) atoms. The molecule has 2 aromatic rings. The van der Waals surface area contributed by atoms with E-state index in [1.165, 1.54) is 6.26 Å². The third-order valence-corrected chi connectivity index (χ3v) is 4.64. The van der Waals surface area contributed by atoms with Gasteiger partial charge >= 0.3 is 5.97 Å². The Hall–Kier alpha value is -2.79. The maximum Gasteiger partial charge on any atom is 0.349 e. The number of carbonyl (C=O) groups excluding carboxylic acids is 1. The highest BCUT2D eigenvalue weighted by Crippen LogP contribution is 2.56. The van der Waals surface area contributed by atoms with Gasteiger partial charge in [-0.05, 0) is 36.8 Å². The fourth-order valence-corrected chi connectivity index (χ4v) is 3.46. The molecule has 1 spiro atoms. The summed E-state index contributed by atoms with van der Waals surface area (Å²) in [6.45, 7) is 3.80. The Labute approximate surface area is 138 Å². The van der Waals surface area contributed by atoms with Crippen molar-refractivity contribution in [2.45, 2.75) is 25.4 Å². The van der Waals surface area contributed by atoms with E-state index in [-0.39, 0.29) is 5.57 Å². The number of ether oxygens (including phenoxy) is 4. The fraction of sp³-hybridized carbons (Fsp3) is 0.211. The van der Waals surface area contributed by atoms with E-state index in [9.17, 15) is 4.79 Å². The van der Waals surface area contributed by atoms with Crippen molar-refractivity contribution in [1.29, 1.82) is 0 Å². The predicted molar refractivity (Wildman–Crippen MR) is 83.2 cm³/mol. The zero-order valence-corrected chi connectivity index (χ0v) is 13.2. The Morgan fingerprint density at radius 2 is 1.83 bits per heavy atom. The van der Waals surface area contributed by atoms with Crippen LogP contribution >= 0.6 is 0 Å². The lowest BCUT2D eigenvalue weighted by molar-refractivity contribution is -0.348. The second kappa shape index (κ2) is 4.19. The normalized spacial score (nSPS) is 29.1. The Kier molecular flexibility index (Phi) is 2.38. The number of fused-ring (bicyclic) bond motifs is 4. The molecule has 2 unspecified atom stereocenters. The van der Waals surface area contributed by atoms with E-state index in [4.69, 9.17) is 18.9 Å². The Bertz CT molecular complexity index is 931. The second-order valence-corrected chi connectivity index (χ2v) is 6.30. The number of aryl methyl sites for hydroxylation is 1. The van der Waals surface area contributed by atoms with Crippen LogP contribution in [-0.4, -0.2) is 5.97 Å². The van der Waals surface area contributed by atoms with Crippen molar-refractivity contribution in [3.63, 3.8) is 0 Å². The highest BCUT2D eigenvalue weighted by atomic mass is 16.8. The minimum atomic E-state index is -1.36. The largest absolute Gasteiger partial charge is 0.465 e. The predicted octanol–water partition coefficient (Wildman–Crippen LogP) is 3.26. The van der Waals surface area contributed by atoms with Crippen LogP contribution in [0.4, 0.5) is 0 Å². The van der Waals surface area contributed by atoms with Gasteiger partial charge in [0.2, 0.25) is 5.79 Å². The molecular weight excluding hydrogens is 308 g/mol. The minimum absolute atomic E-state index is 0.200. The lowest BCUT2D eigenvalue weighted by Crippen LogP contribution is -2.56. The van der Waals surface area contributed by atoms with Crippen molar-refractivity contribution in [2.75, 3.05) is 0 Å². The minimum Gasteiger partial charge on any atom is -0.465 e. The zero-order chi connectivity index (χ0) is 16.5. The molecular formula is C19H14O5. The van der Waals surface area contributed by atoms with Crippen LogP contribution in [0.2, 0.25) is 0 Å². The second-order valence-electron chi connectivity index (χ2n) is 6.30. The summed E-state index contributed by atoms with van der Waals surface area (Å²) >= 11 is 0. The van der Waals surface area contributed by atoms with Crippen molar-refractivity contribution in [1.82, 2.24) is 0 Å². The molecule has 0 aliphatic carbocycles. The van der Waals surface area contributed by atoms with Crippen LogP contribution in [0.3, 0.4) is 0 Å². The molecule has 0 aromatic heterocycles. The van der Waals surface area contributed by atoms with Crippen LogP contribution in [0.5, 0.6) is 11.5 Å². The van der Waals surface area contributed by atoms with Gasteiger partial charge in [0.15, 0.2) is 0 Å². The average molecular weight is 322 g/mol. The van der Waals surface area contributed by atoms with Gasteiger partial charge < -0.3 is 14.2 Å². The molecule has 0 radical (unpaired) electrons. The first-order valence-electron chi connectivity index (χ1n) is 7.72. The summed E-state index contributed by atoms with van der Waals surface area (Å²) < 4.78 is 23.7. The number of hydrogen-bond donors (Lipinski definition) is 0. The van der Waals surface area contributed by atoms with Crippen molar-refractivity contribution < 1.29 is 23.7 Å². The molecule has 0 amide bonds. The monoisotopic (exact) mass is 322 g/mol. The van der Waals surface area contributed by atoms with Crippen molar-refractivity contribution >= 4 is 5.97 Å². The highest BCUT2D eigenvalue weighted by Gasteiger charge is 2.61. The van der Waals surface area contributed by atoms with Crippen LogP contribution in [-0.2, 0) is 25.8 Å². The number of esters is 1. The maximum atomic E-state index is 12.4. The zero-order valence-electron chi connectivity index (χ0n) is 13.2. The van der Waals surface area contributed by atoms with Gasteiger partial charge in [-0.2, -0.15) is 0 Å². The Morgan fingerprint density at radius 3 is 2.71 bits per heavy atom. The molecule has 5 heteroatoms. The molecule has 0 fully saturated rings. The van der Waals surface area contributed by atoms with Gasteiger partial charge in [-0.15, -0.1) is 0 Å². The number of para-hydroxylation sites is 1. The molecule has 3 heterocycles. The van der Waals surface area contributed by atoms with E-state index in [1.807, 2.05) is 44.2 Å². The van der Waals surface area contributed by atoms with E-state index >= 15 is 0 Å². The van der Waals surface area contributed by atoms with Gasteiger partial charge in [0, 0.05) is 6.92 Å². The SMILES string of the molecule is Cc1ccc2c(c1)OC13OC2(C)OC=C1C(=O)Oc1ccccc13. The van der Waals surface area contributed by atoms with Crippen LogP contribution in [0.15, 0.2) is 54.3 Å². The third-order valence-electron chi connectivity index (χ3n) is 4.64. The molecule has 2 atom stereocenters. The number of carbonyl (C=O) groups is 1. The lowest BCUT2D eigenvalue weighted by Gasteiger charge is -2.50. The number of hydrogen-bond acceptors (Lipinski definition) is 5. The molecule has 5 nitrogen and oxygen atoms in total. The molecule has 0 saturated carbocycles. The summed E-state index contributed by atoms with van der Waals surface area (Å²) in [5.74, 6) is -1.87. The first-order valence-corrected chi connectivity index (χ1v) is 7.72. The van der Waals surface area contributed by atoms with Crippen LogP contribution in [0.1, 0.15) is 23.6 Å². The van der Waals surface area contributed by atoms with E-state index in [2.05, 4.69) is 0 Å². The summed E-state index contributed by atoms with van der Waals surface area (Å²) in [6.07, 6.45) is 1.39. The fourth-order valence-electron chi connectivity index (χ4n) is 3.46. The smallest absolute Gasteiger partial charge is 0.349 e. The van der Waals surface area contributed by atoms with Crippen molar-refractivity contribution in [3.8, 4) is 11.5 Å². The lowest BCUT2D eigenvalue weighted by atomic mass is 9.90. The van der Waals surface area contributed by atoms with E-state index in [0.717, 1.165) is 11.1 Å². The van der Waals surface area contributed by atoms with E-state index in [0.29, 0.717) is 17.1 Å². The first kappa shape index (κ1) is 13.6. The molecule has 3 aliphatic heterocycles. The van der Waals surface area contributed by atoms with E-state index < -0.39 is 17.5 Å². The number of benzene rings is 2. The van der Waals surface area contributed by atoms with E-state index in [1.54, 1.807) is 12.1 Å². The van der Waals surface area contributed by atoms with Crippen LogP contribution < -0.4 is 9.47 Å². The van der Waals surface area contributed by atoms with Gasteiger partial charge in [0.1, 0.15) is 23.3 Å². The van der Waals surface area contributed by atoms with Gasteiger partial charge in [-0.25, -0.2) is 4.79 Å².